The first-order valence-electron chi connectivity index (χ1n) is 12.2. The normalized spacial score (nSPS) is 13.2. The quantitative estimate of drug-likeness (QED) is 0.224. The van der Waals surface area contributed by atoms with Crippen LogP contribution < -0.4 is 0 Å². The van der Waals surface area contributed by atoms with Gasteiger partial charge >= 0.3 is 0 Å². The minimum Gasteiger partial charge on any atom is -0.379 e. The summed E-state index contributed by atoms with van der Waals surface area (Å²) in [6.07, 6.45) is 8.79. The summed E-state index contributed by atoms with van der Waals surface area (Å²) in [7, 11) is -2.81. The van der Waals surface area contributed by atoms with Crippen LogP contribution in [0.5, 0.6) is 0 Å². The van der Waals surface area contributed by atoms with Crippen LogP contribution in [0.15, 0.2) is 43.0 Å². The lowest BCUT2D eigenvalue weighted by molar-refractivity contribution is 0.0899. The fourth-order valence-electron chi connectivity index (χ4n) is 5.68. The van der Waals surface area contributed by atoms with Crippen molar-refractivity contribution in [1.82, 2.24) is 13.8 Å². The molecule has 0 saturated heterocycles. The van der Waals surface area contributed by atoms with E-state index in [0.717, 1.165) is 12.3 Å². The van der Waals surface area contributed by atoms with E-state index in [0.29, 0.717) is 23.4 Å². The highest BCUT2D eigenvalue weighted by molar-refractivity contribution is 6.82. The lowest BCUT2D eigenvalue weighted by atomic mass is 10.1. The molecule has 32 heavy (non-hydrogen) atoms. The van der Waals surface area contributed by atoms with Crippen molar-refractivity contribution < 1.29 is 4.74 Å². The van der Waals surface area contributed by atoms with E-state index in [1.54, 1.807) is 0 Å². The summed E-state index contributed by atoms with van der Waals surface area (Å²) < 4.78 is 10.7. The molecule has 6 heteroatoms. The number of rotatable bonds is 10. The number of pyridine rings is 1. The highest BCUT2D eigenvalue weighted by Gasteiger charge is 2.45. The van der Waals surface area contributed by atoms with Crippen LogP contribution in [-0.2, 0) is 11.5 Å². The Morgan fingerprint density at radius 2 is 1.56 bits per heavy atom. The molecule has 0 unspecified atom stereocenters. The Kier molecular flexibility index (Phi) is 7.57. The van der Waals surface area contributed by atoms with Crippen LogP contribution in [0.1, 0.15) is 41.5 Å². The van der Waals surface area contributed by atoms with Gasteiger partial charge in [0.05, 0.1) is 0 Å². The summed E-state index contributed by atoms with van der Waals surface area (Å²) in [5, 5.41) is 1.20. The lowest BCUT2D eigenvalue weighted by Crippen LogP contribution is -2.51. The number of hydrogen-bond donors (Lipinski definition) is 0. The number of nitrogens with zero attached hydrogens (tertiary/aromatic N) is 3. The fourth-order valence-corrected chi connectivity index (χ4v) is 12.9. The summed E-state index contributed by atoms with van der Waals surface area (Å²) in [4.78, 5) is 4.69. The second kappa shape index (κ2) is 9.69. The van der Waals surface area contributed by atoms with Gasteiger partial charge in [-0.1, -0.05) is 61.2 Å². The van der Waals surface area contributed by atoms with Crippen molar-refractivity contribution >= 4 is 27.3 Å². The number of hydrogen-bond acceptors (Lipinski definition) is 2. The first-order chi connectivity index (χ1) is 15.0. The summed E-state index contributed by atoms with van der Waals surface area (Å²) in [6, 6.07) is 7.83. The molecule has 0 aliphatic carbocycles. The van der Waals surface area contributed by atoms with E-state index in [-0.39, 0.29) is 0 Å². The molecule has 0 spiro atoms. The second-order valence-corrected chi connectivity index (χ2v) is 22.8. The third kappa shape index (κ3) is 4.82. The molecule has 0 radical (unpaired) electrons. The third-order valence-electron chi connectivity index (χ3n) is 7.11. The van der Waals surface area contributed by atoms with Crippen LogP contribution in [-0.4, -0.2) is 36.7 Å². The first kappa shape index (κ1) is 25.0. The van der Waals surface area contributed by atoms with Gasteiger partial charge in [0, 0.05) is 38.7 Å². The Hall–Kier alpha value is -1.64. The monoisotopic (exact) mass is 469 g/mol. The average molecular weight is 470 g/mol. The highest BCUT2D eigenvalue weighted by Crippen LogP contribution is 2.43. The fraction of sp³-hybridized carbons (Fsp3) is 0.577. The van der Waals surface area contributed by atoms with Crippen LogP contribution >= 0.6 is 0 Å². The largest absolute Gasteiger partial charge is 0.379 e. The van der Waals surface area contributed by atoms with Crippen LogP contribution in [0.2, 0.25) is 42.3 Å². The molecule has 0 bridgehead atoms. The van der Waals surface area contributed by atoms with Gasteiger partial charge in [0.2, 0.25) is 0 Å². The van der Waals surface area contributed by atoms with Crippen LogP contribution in [0.4, 0.5) is 0 Å². The van der Waals surface area contributed by atoms with E-state index in [2.05, 4.69) is 112 Å². The molecule has 0 fully saturated rings. The van der Waals surface area contributed by atoms with Crippen molar-refractivity contribution in [3.63, 3.8) is 0 Å². The lowest BCUT2D eigenvalue weighted by Gasteiger charge is -2.44. The predicted octanol–water partition coefficient (Wildman–Crippen LogP) is 7.84. The predicted molar refractivity (Wildman–Crippen MR) is 144 cm³/mol. The van der Waals surface area contributed by atoms with Crippen molar-refractivity contribution in [2.45, 2.75) is 90.6 Å². The van der Waals surface area contributed by atoms with Crippen molar-refractivity contribution in [1.29, 1.82) is 0 Å². The summed E-state index contributed by atoms with van der Waals surface area (Å²) in [5.41, 5.74) is 5.57. The molecule has 0 aliphatic heterocycles. The molecule has 0 aromatic carbocycles. The molecule has 0 aliphatic rings. The van der Waals surface area contributed by atoms with Crippen molar-refractivity contribution in [2.24, 2.45) is 0 Å². The number of fused-ring (bicyclic) bond motifs is 1. The number of aromatic nitrogens is 3. The maximum absolute atomic E-state index is 5.99. The molecule has 0 N–H and O–H groups in total. The second-order valence-electron chi connectivity index (χ2n) is 11.4. The molecular formula is C26H43N3OSi2. The molecule has 3 aromatic heterocycles. The maximum atomic E-state index is 5.99. The molecule has 3 heterocycles. The van der Waals surface area contributed by atoms with Gasteiger partial charge in [-0.15, -0.1) is 0 Å². The minimum atomic E-state index is -1.74. The van der Waals surface area contributed by atoms with Gasteiger partial charge in [0.25, 0.3) is 0 Å². The van der Waals surface area contributed by atoms with E-state index < -0.39 is 16.3 Å². The Bertz CT molecular complexity index is 1010. The average Bonchev–Trinajstić information content (AvgIpc) is 3.31. The van der Waals surface area contributed by atoms with E-state index >= 15 is 0 Å². The standard InChI is InChI=1S/C26H43N3OSi2/c1-20(2)32(21(3)4,22(5)6)29-15-11-23(18-29)24-10-13-27-26-25(24)12-14-28(26)19-30-16-17-31(7,8)9/h10-15,18,20-22H,16-17,19H2,1-9H3. The van der Waals surface area contributed by atoms with E-state index in [1.165, 1.54) is 22.6 Å². The first-order valence-corrected chi connectivity index (χ1v) is 18.1. The summed E-state index contributed by atoms with van der Waals surface area (Å²) in [6.45, 7) is 23.0. The van der Waals surface area contributed by atoms with Crippen molar-refractivity contribution in [3.05, 3.63) is 43.0 Å². The van der Waals surface area contributed by atoms with E-state index in [1.807, 2.05) is 6.20 Å². The molecule has 0 atom stereocenters. The molecule has 3 aromatic rings. The topological polar surface area (TPSA) is 32.0 Å². The van der Waals surface area contributed by atoms with Gasteiger partial charge in [0.15, 0.2) is 8.24 Å². The number of ether oxygens (including phenoxy) is 1. The van der Waals surface area contributed by atoms with Gasteiger partial charge in [0.1, 0.15) is 12.4 Å². The van der Waals surface area contributed by atoms with Gasteiger partial charge in [-0.3, -0.25) is 0 Å². The van der Waals surface area contributed by atoms with Gasteiger partial charge < -0.3 is 13.5 Å². The zero-order valence-electron chi connectivity index (χ0n) is 21.6. The minimum absolute atomic E-state index is 0.565. The van der Waals surface area contributed by atoms with Crippen LogP contribution in [0.25, 0.3) is 22.2 Å². The van der Waals surface area contributed by atoms with Crippen LogP contribution in [0.3, 0.4) is 0 Å². The van der Waals surface area contributed by atoms with Gasteiger partial charge in [-0.25, -0.2) is 4.98 Å². The summed E-state index contributed by atoms with van der Waals surface area (Å²) in [5.74, 6) is 0. The summed E-state index contributed by atoms with van der Waals surface area (Å²) >= 11 is 0. The Labute approximate surface area is 197 Å². The molecule has 176 valence electrons. The smallest absolute Gasteiger partial charge is 0.168 e. The van der Waals surface area contributed by atoms with Gasteiger partial charge in [-0.05, 0) is 58.2 Å². The van der Waals surface area contributed by atoms with E-state index in [9.17, 15) is 0 Å². The van der Waals surface area contributed by atoms with E-state index in [4.69, 9.17) is 4.74 Å². The zero-order valence-corrected chi connectivity index (χ0v) is 23.6. The molecule has 4 nitrogen and oxygen atoms in total. The SMILES string of the molecule is CC(C)[Si](C(C)C)(C(C)C)n1ccc(-c2ccnc3c2ccn3COCC[Si](C)(C)C)c1. The van der Waals surface area contributed by atoms with Crippen molar-refractivity contribution in [2.75, 3.05) is 6.61 Å². The molecule has 0 amide bonds. The Morgan fingerprint density at radius 1 is 0.906 bits per heavy atom. The van der Waals surface area contributed by atoms with Gasteiger partial charge in [-0.2, -0.15) is 0 Å². The molecular weight excluding hydrogens is 426 g/mol. The third-order valence-corrected chi connectivity index (χ3v) is 15.5. The zero-order chi connectivity index (χ0) is 23.7. The van der Waals surface area contributed by atoms with Crippen molar-refractivity contribution in [3.8, 4) is 11.1 Å². The highest BCUT2D eigenvalue weighted by atomic mass is 28.3. The van der Waals surface area contributed by atoms with Crippen LogP contribution in [0, 0.1) is 0 Å². The Balaban J connectivity index is 1.92. The maximum Gasteiger partial charge on any atom is 0.168 e. The Morgan fingerprint density at radius 3 is 2.16 bits per heavy atom. The molecule has 3 rings (SSSR count). The molecule has 0 saturated carbocycles.